The first kappa shape index (κ1) is 11.5. The fourth-order valence-corrected chi connectivity index (χ4v) is 1.85. The summed E-state index contributed by atoms with van der Waals surface area (Å²) in [4.78, 5) is 13.7. The highest BCUT2D eigenvalue weighted by molar-refractivity contribution is 5.97. The van der Waals surface area contributed by atoms with Crippen LogP contribution in [0.4, 0.5) is 5.69 Å². The van der Waals surface area contributed by atoms with Crippen molar-refractivity contribution in [3.63, 3.8) is 0 Å². The van der Waals surface area contributed by atoms with E-state index in [2.05, 4.69) is 0 Å². The van der Waals surface area contributed by atoms with E-state index in [9.17, 15) is 4.79 Å². The van der Waals surface area contributed by atoms with Gasteiger partial charge >= 0.3 is 0 Å². The minimum absolute atomic E-state index is 0.162. The molecule has 0 spiro atoms. The van der Waals surface area contributed by atoms with Crippen LogP contribution in [-0.4, -0.2) is 19.1 Å². The second kappa shape index (κ2) is 4.88. The van der Waals surface area contributed by atoms with Crippen LogP contribution in [-0.2, 0) is 4.79 Å². The first-order chi connectivity index (χ1) is 8.24. The summed E-state index contributed by atoms with van der Waals surface area (Å²) < 4.78 is 5.57. The lowest BCUT2D eigenvalue weighted by Crippen LogP contribution is -2.35. The maximum atomic E-state index is 12.1. The zero-order chi connectivity index (χ0) is 12.3. The maximum Gasteiger partial charge on any atom is 0.244 e. The summed E-state index contributed by atoms with van der Waals surface area (Å²) in [6, 6.07) is 9.42. The normalized spacial score (nSPS) is 16.1. The highest BCUT2D eigenvalue weighted by atomic mass is 16.5. The van der Waals surface area contributed by atoms with E-state index in [0.717, 1.165) is 12.1 Å². The summed E-state index contributed by atoms with van der Waals surface area (Å²) in [5, 5.41) is 8.83. The Hall–Kier alpha value is -2.02. The lowest BCUT2D eigenvalue weighted by molar-refractivity contribution is -0.120. The van der Waals surface area contributed by atoms with Crippen molar-refractivity contribution in [2.45, 2.75) is 13.3 Å². The van der Waals surface area contributed by atoms with Gasteiger partial charge in [0, 0.05) is 6.54 Å². The van der Waals surface area contributed by atoms with Crippen LogP contribution in [0.2, 0.25) is 0 Å². The Bertz CT molecular complexity index is 465. The third kappa shape index (κ3) is 2.23. The summed E-state index contributed by atoms with van der Waals surface area (Å²) in [5.74, 6) is -0.0740. The van der Waals surface area contributed by atoms with Gasteiger partial charge in [0.15, 0.2) is 0 Å². The predicted octanol–water partition coefficient (Wildman–Crippen LogP) is 1.96. The monoisotopic (exact) mass is 230 g/mol. The second-order valence-electron chi connectivity index (χ2n) is 4.01. The number of carbonyl (C=O) groups excluding carboxylic acids is 1. The molecular formula is C13H14N2O2. The average Bonchev–Trinajstić information content (AvgIpc) is 2.59. The Morgan fingerprint density at radius 2 is 2.29 bits per heavy atom. The second-order valence-corrected chi connectivity index (χ2v) is 4.01. The number of carbonyl (C=O) groups is 1. The molecule has 1 heterocycles. The summed E-state index contributed by atoms with van der Waals surface area (Å²) >= 11 is 0. The van der Waals surface area contributed by atoms with E-state index in [-0.39, 0.29) is 5.91 Å². The molecule has 1 aromatic rings. The van der Waals surface area contributed by atoms with Crippen molar-refractivity contribution in [2.75, 3.05) is 18.1 Å². The predicted molar refractivity (Wildman–Crippen MR) is 63.7 cm³/mol. The number of nitrogens with zero attached hydrogens (tertiary/aromatic N) is 2. The van der Waals surface area contributed by atoms with E-state index in [1.165, 1.54) is 0 Å². The van der Waals surface area contributed by atoms with Crippen LogP contribution in [0, 0.1) is 17.2 Å². The maximum absolute atomic E-state index is 12.1. The van der Waals surface area contributed by atoms with E-state index < -0.39 is 5.92 Å². The van der Waals surface area contributed by atoms with Crippen molar-refractivity contribution in [2.24, 2.45) is 5.92 Å². The van der Waals surface area contributed by atoms with E-state index in [1.807, 2.05) is 30.3 Å². The van der Waals surface area contributed by atoms with Crippen LogP contribution in [0.5, 0.6) is 5.75 Å². The van der Waals surface area contributed by atoms with E-state index in [1.54, 1.807) is 11.8 Å². The van der Waals surface area contributed by atoms with Gasteiger partial charge in [0.25, 0.3) is 0 Å². The molecule has 1 aromatic carbocycles. The van der Waals surface area contributed by atoms with Gasteiger partial charge in [0.05, 0.1) is 18.4 Å². The van der Waals surface area contributed by atoms with Gasteiger partial charge in [0.2, 0.25) is 5.91 Å². The molecule has 1 aliphatic rings. The van der Waals surface area contributed by atoms with Crippen molar-refractivity contribution in [3.8, 4) is 11.8 Å². The molecule has 4 nitrogen and oxygen atoms in total. The number of hydrogen-bond donors (Lipinski definition) is 0. The topological polar surface area (TPSA) is 53.3 Å². The van der Waals surface area contributed by atoms with Crippen LogP contribution < -0.4 is 9.64 Å². The van der Waals surface area contributed by atoms with Gasteiger partial charge in [-0.15, -0.1) is 0 Å². The summed E-state index contributed by atoms with van der Waals surface area (Å²) in [6.07, 6.45) is 0.776. The molecule has 1 atom stereocenters. The fraction of sp³-hybridized carbons (Fsp3) is 0.385. The van der Waals surface area contributed by atoms with Gasteiger partial charge in [-0.25, -0.2) is 0 Å². The standard InChI is InChI=1S/C13H14N2O2/c1-10(9-14)13(16)15-7-4-8-17-12-6-3-2-5-11(12)15/h2-3,5-6,10H,4,7-8H2,1H3. The van der Waals surface area contributed by atoms with Gasteiger partial charge in [-0.1, -0.05) is 12.1 Å². The molecule has 0 aliphatic carbocycles. The number of ether oxygens (including phenoxy) is 1. The van der Waals surface area contributed by atoms with Gasteiger partial charge in [0.1, 0.15) is 11.7 Å². The molecule has 0 N–H and O–H groups in total. The molecule has 1 aliphatic heterocycles. The van der Waals surface area contributed by atoms with Gasteiger partial charge in [-0.3, -0.25) is 4.79 Å². The van der Waals surface area contributed by atoms with Crippen LogP contribution >= 0.6 is 0 Å². The van der Waals surface area contributed by atoms with E-state index in [4.69, 9.17) is 10.00 Å². The number of hydrogen-bond acceptors (Lipinski definition) is 3. The average molecular weight is 230 g/mol. The molecule has 1 unspecified atom stereocenters. The first-order valence-electron chi connectivity index (χ1n) is 5.67. The molecule has 0 fully saturated rings. The van der Waals surface area contributed by atoms with Crippen molar-refractivity contribution in [3.05, 3.63) is 24.3 Å². The Morgan fingerprint density at radius 1 is 1.53 bits per heavy atom. The zero-order valence-corrected chi connectivity index (χ0v) is 9.72. The Morgan fingerprint density at radius 3 is 3.06 bits per heavy atom. The summed E-state index contributed by atoms with van der Waals surface area (Å²) in [7, 11) is 0. The van der Waals surface area contributed by atoms with E-state index >= 15 is 0 Å². The number of para-hydroxylation sites is 2. The number of fused-ring (bicyclic) bond motifs is 1. The van der Waals surface area contributed by atoms with Crippen molar-refractivity contribution in [1.82, 2.24) is 0 Å². The molecule has 0 bridgehead atoms. The SMILES string of the molecule is CC(C#N)C(=O)N1CCCOc2ccccc21. The van der Waals surface area contributed by atoms with Crippen LogP contribution in [0.15, 0.2) is 24.3 Å². The Labute approximate surface area is 100 Å². The Kier molecular flexibility index (Phi) is 3.29. The number of rotatable bonds is 1. The number of anilines is 1. The number of benzene rings is 1. The van der Waals surface area contributed by atoms with Gasteiger partial charge in [-0.2, -0.15) is 5.26 Å². The molecule has 0 saturated heterocycles. The van der Waals surface area contributed by atoms with Gasteiger partial charge < -0.3 is 9.64 Å². The van der Waals surface area contributed by atoms with Crippen LogP contribution in [0.25, 0.3) is 0 Å². The van der Waals surface area contributed by atoms with Gasteiger partial charge in [-0.05, 0) is 25.5 Å². The largest absolute Gasteiger partial charge is 0.491 e. The molecule has 0 saturated carbocycles. The lowest BCUT2D eigenvalue weighted by Gasteiger charge is -2.22. The van der Waals surface area contributed by atoms with Crippen LogP contribution in [0.1, 0.15) is 13.3 Å². The number of amides is 1. The minimum atomic E-state index is -0.624. The van der Waals surface area contributed by atoms with Crippen molar-refractivity contribution >= 4 is 11.6 Å². The van der Waals surface area contributed by atoms with Crippen molar-refractivity contribution in [1.29, 1.82) is 5.26 Å². The third-order valence-corrected chi connectivity index (χ3v) is 2.77. The molecule has 1 amide bonds. The zero-order valence-electron chi connectivity index (χ0n) is 9.72. The highest BCUT2D eigenvalue weighted by Crippen LogP contribution is 2.31. The Balaban J connectivity index is 2.35. The highest BCUT2D eigenvalue weighted by Gasteiger charge is 2.25. The lowest BCUT2D eigenvalue weighted by atomic mass is 10.1. The minimum Gasteiger partial charge on any atom is -0.491 e. The molecule has 17 heavy (non-hydrogen) atoms. The van der Waals surface area contributed by atoms with Crippen molar-refractivity contribution < 1.29 is 9.53 Å². The molecule has 4 heteroatoms. The summed E-state index contributed by atoms with van der Waals surface area (Å²) in [6.45, 7) is 2.82. The molecule has 2 rings (SSSR count). The van der Waals surface area contributed by atoms with Crippen LogP contribution in [0.3, 0.4) is 0 Å². The fourth-order valence-electron chi connectivity index (χ4n) is 1.85. The van der Waals surface area contributed by atoms with E-state index in [0.29, 0.717) is 18.9 Å². The third-order valence-electron chi connectivity index (χ3n) is 2.77. The quantitative estimate of drug-likeness (QED) is 0.741. The smallest absolute Gasteiger partial charge is 0.244 e. The molecular weight excluding hydrogens is 216 g/mol. The molecule has 0 radical (unpaired) electrons. The molecule has 88 valence electrons. The number of nitriles is 1. The first-order valence-corrected chi connectivity index (χ1v) is 5.67. The summed E-state index contributed by atoms with van der Waals surface area (Å²) in [5.41, 5.74) is 0.761. The molecule has 0 aromatic heterocycles.